The number of likely N-dealkylation sites (tertiary alicyclic amines) is 2. The predicted molar refractivity (Wildman–Crippen MR) is 91.8 cm³/mol. The van der Waals surface area contributed by atoms with E-state index in [1.807, 2.05) is 11.0 Å². The number of nitrogens with zero attached hydrogens (tertiary/aromatic N) is 3. The molecule has 0 bridgehead atoms. The molecule has 1 aromatic carbocycles. The van der Waals surface area contributed by atoms with Crippen molar-refractivity contribution < 1.29 is 14.3 Å². The molecule has 6 heteroatoms. The summed E-state index contributed by atoms with van der Waals surface area (Å²) in [5.74, 6) is 0.309. The van der Waals surface area contributed by atoms with Gasteiger partial charge in [-0.15, -0.1) is 0 Å². The summed E-state index contributed by atoms with van der Waals surface area (Å²) in [7, 11) is 0. The zero-order valence-corrected chi connectivity index (χ0v) is 14.2. The number of carbonyl (C=O) groups excluding carboxylic acids is 1. The quantitative estimate of drug-likeness (QED) is 0.915. The number of amides is 1. The highest BCUT2D eigenvalue weighted by molar-refractivity contribution is 5.92. The number of carbonyl (C=O) groups is 1. The van der Waals surface area contributed by atoms with Crippen LogP contribution in [0.2, 0.25) is 0 Å². The van der Waals surface area contributed by atoms with Crippen LogP contribution in [0.4, 0.5) is 0 Å². The molecule has 3 heterocycles. The number of hydrogen-bond donors (Lipinski definition) is 1. The summed E-state index contributed by atoms with van der Waals surface area (Å²) in [5.41, 5.74) is 1.38. The molecule has 0 spiro atoms. The largest absolute Gasteiger partial charge is 0.451 e. The number of piperidine rings is 1. The first-order valence-electron chi connectivity index (χ1n) is 8.75. The molecular weight excluding hydrogens is 318 g/mol. The van der Waals surface area contributed by atoms with Crippen molar-refractivity contribution in [1.29, 1.82) is 0 Å². The number of aliphatic hydroxyl groups excluding tert-OH is 1. The highest BCUT2D eigenvalue weighted by Crippen LogP contribution is 2.42. The van der Waals surface area contributed by atoms with Crippen LogP contribution in [0.5, 0.6) is 0 Å². The van der Waals surface area contributed by atoms with E-state index in [2.05, 4.69) is 34.1 Å². The van der Waals surface area contributed by atoms with Crippen LogP contribution in [0.3, 0.4) is 0 Å². The summed E-state index contributed by atoms with van der Waals surface area (Å²) in [4.78, 5) is 20.8. The van der Waals surface area contributed by atoms with Gasteiger partial charge in [0.25, 0.3) is 5.91 Å². The zero-order valence-electron chi connectivity index (χ0n) is 14.2. The van der Waals surface area contributed by atoms with Gasteiger partial charge >= 0.3 is 0 Å². The minimum Gasteiger partial charge on any atom is -0.451 e. The lowest BCUT2D eigenvalue weighted by atomic mass is 9.74. The third-order valence-electron chi connectivity index (χ3n) is 5.64. The maximum absolute atomic E-state index is 12.6. The van der Waals surface area contributed by atoms with E-state index in [1.165, 1.54) is 18.2 Å². The molecule has 2 atom stereocenters. The standard InChI is InChI=1S/C19H23N3O3/c23-13-19-11-21(8-15-4-2-1-3-5-15)9-16(19)6-7-22(12-19)18(24)17-10-25-14-20-17/h1-5,10,14,16,23H,6-9,11-13H2/t16-,19-/m0/s1. The van der Waals surface area contributed by atoms with Crippen molar-refractivity contribution >= 4 is 5.91 Å². The van der Waals surface area contributed by atoms with Crippen LogP contribution in [0.25, 0.3) is 0 Å². The normalized spacial score (nSPS) is 26.6. The SMILES string of the molecule is O=C(c1cocn1)N1CC[C@H]2CN(Cc3ccccc3)C[C@@]2(CO)C1. The van der Waals surface area contributed by atoms with Gasteiger partial charge in [-0.05, 0) is 17.9 Å². The Morgan fingerprint density at radius 3 is 2.88 bits per heavy atom. The van der Waals surface area contributed by atoms with Gasteiger partial charge < -0.3 is 14.4 Å². The Morgan fingerprint density at radius 1 is 1.32 bits per heavy atom. The summed E-state index contributed by atoms with van der Waals surface area (Å²) in [5, 5.41) is 10.2. The monoisotopic (exact) mass is 341 g/mol. The van der Waals surface area contributed by atoms with E-state index in [-0.39, 0.29) is 17.9 Å². The summed E-state index contributed by atoms with van der Waals surface area (Å²) in [6, 6.07) is 10.4. The van der Waals surface area contributed by atoms with Crippen molar-refractivity contribution in [1.82, 2.24) is 14.8 Å². The second-order valence-electron chi connectivity index (χ2n) is 7.26. The molecule has 0 aliphatic carbocycles. The topological polar surface area (TPSA) is 69.8 Å². The molecule has 132 valence electrons. The van der Waals surface area contributed by atoms with Crippen LogP contribution < -0.4 is 0 Å². The number of hydrogen-bond acceptors (Lipinski definition) is 5. The molecule has 1 aromatic heterocycles. The Hall–Kier alpha value is -2.18. The Kier molecular flexibility index (Phi) is 4.31. The fourth-order valence-electron chi connectivity index (χ4n) is 4.34. The third-order valence-corrected chi connectivity index (χ3v) is 5.64. The smallest absolute Gasteiger partial charge is 0.275 e. The van der Waals surface area contributed by atoms with Gasteiger partial charge in [0.15, 0.2) is 12.1 Å². The molecule has 2 fully saturated rings. The first-order chi connectivity index (χ1) is 12.2. The summed E-state index contributed by atoms with van der Waals surface area (Å²) in [6.07, 6.45) is 3.57. The summed E-state index contributed by atoms with van der Waals surface area (Å²) >= 11 is 0. The molecule has 0 saturated carbocycles. The molecule has 4 rings (SSSR count). The van der Waals surface area contributed by atoms with Gasteiger partial charge in [-0.2, -0.15) is 0 Å². The van der Waals surface area contributed by atoms with Gasteiger partial charge in [-0.3, -0.25) is 9.69 Å². The Morgan fingerprint density at radius 2 is 2.16 bits per heavy atom. The van der Waals surface area contributed by atoms with E-state index < -0.39 is 0 Å². The van der Waals surface area contributed by atoms with Gasteiger partial charge in [0, 0.05) is 38.1 Å². The maximum atomic E-state index is 12.6. The van der Waals surface area contributed by atoms with Gasteiger partial charge in [-0.1, -0.05) is 30.3 Å². The molecule has 0 unspecified atom stereocenters. The van der Waals surface area contributed by atoms with E-state index in [4.69, 9.17) is 4.42 Å². The van der Waals surface area contributed by atoms with Crippen LogP contribution in [0.15, 0.2) is 47.4 Å². The molecule has 2 aliphatic rings. The maximum Gasteiger partial charge on any atom is 0.275 e. The number of rotatable bonds is 4. The fourth-order valence-corrected chi connectivity index (χ4v) is 4.34. The molecule has 2 aromatic rings. The molecular formula is C19H23N3O3. The minimum absolute atomic E-state index is 0.103. The number of oxazole rings is 1. The second kappa shape index (κ2) is 6.61. The highest BCUT2D eigenvalue weighted by Gasteiger charge is 2.50. The molecule has 2 saturated heterocycles. The number of aliphatic hydroxyl groups is 1. The molecule has 2 aliphatic heterocycles. The average molecular weight is 341 g/mol. The fraction of sp³-hybridized carbons (Fsp3) is 0.474. The van der Waals surface area contributed by atoms with Gasteiger partial charge in [0.1, 0.15) is 6.26 Å². The average Bonchev–Trinajstić information content (AvgIpc) is 3.29. The summed E-state index contributed by atoms with van der Waals surface area (Å²) in [6.45, 7) is 4.05. The Labute approximate surface area is 147 Å². The lowest BCUT2D eigenvalue weighted by molar-refractivity contribution is 0.0114. The van der Waals surface area contributed by atoms with Crippen molar-refractivity contribution in [2.75, 3.05) is 32.8 Å². The van der Waals surface area contributed by atoms with E-state index in [1.54, 1.807) is 0 Å². The first kappa shape index (κ1) is 16.3. The zero-order chi connectivity index (χ0) is 17.3. The molecule has 25 heavy (non-hydrogen) atoms. The Bertz CT molecular complexity index is 719. The van der Waals surface area contributed by atoms with Crippen molar-refractivity contribution in [3.8, 4) is 0 Å². The van der Waals surface area contributed by atoms with Crippen molar-refractivity contribution in [2.45, 2.75) is 13.0 Å². The number of aromatic nitrogens is 1. The first-order valence-corrected chi connectivity index (χ1v) is 8.75. The minimum atomic E-state index is -0.244. The molecule has 0 radical (unpaired) electrons. The van der Waals surface area contributed by atoms with Crippen LogP contribution in [-0.4, -0.2) is 58.6 Å². The number of benzene rings is 1. The third kappa shape index (κ3) is 3.07. The van der Waals surface area contributed by atoms with E-state index in [0.717, 1.165) is 26.1 Å². The van der Waals surface area contributed by atoms with Crippen molar-refractivity contribution in [3.63, 3.8) is 0 Å². The van der Waals surface area contributed by atoms with Crippen molar-refractivity contribution in [3.05, 3.63) is 54.2 Å². The molecule has 6 nitrogen and oxygen atoms in total. The number of fused-ring (bicyclic) bond motifs is 1. The Balaban J connectivity index is 1.48. The second-order valence-corrected chi connectivity index (χ2v) is 7.26. The van der Waals surface area contributed by atoms with Crippen LogP contribution >= 0.6 is 0 Å². The van der Waals surface area contributed by atoms with Gasteiger partial charge in [0.05, 0.1) is 6.61 Å². The van der Waals surface area contributed by atoms with Gasteiger partial charge in [-0.25, -0.2) is 4.98 Å². The van der Waals surface area contributed by atoms with Crippen LogP contribution in [0, 0.1) is 11.3 Å². The van der Waals surface area contributed by atoms with E-state index in [9.17, 15) is 9.90 Å². The highest BCUT2D eigenvalue weighted by atomic mass is 16.3. The van der Waals surface area contributed by atoms with Gasteiger partial charge in [0.2, 0.25) is 0 Å². The molecule has 1 N–H and O–H groups in total. The van der Waals surface area contributed by atoms with Crippen LogP contribution in [0.1, 0.15) is 22.5 Å². The summed E-state index contributed by atoms with van der Waals surface area (Å²) < 4.78 is 4.93. The molecule has 1 amide bonds. The lowest BCUT2D eigenvalue weighted by Crippen LogP contribution is -2.52. The van der Waals surface area contributed by atoms with E-state index >= 15 is 0 Å². The predicted octanol–water partition coefficient (Wildman–Crippen LogP) is 1.63. The van der Waals surface area contributed by atoms with Crippen LogP contribution in [-0.2, 0) is 6.54 Å². The van der Waals surface area contributed by atoms with E-state index in [0.29, 0.717) is 24.7 Å². The van der Waals surface area contributed by atoms with Crippen molar-refractivity contribution in [2.24, 2.45) is 11.3 Å². The lowest BCUT2D eigenvalue weighted by Gasteiger charge is -2.43.